The molecule has 90 valence electrons. The Labute approximate surface area is 99.9 Å². The van der Waals surface area contributed by atoms with Crippen LogP contribution in [0.3, 0.4) is 0 Å². The summed E-state index contributed by atoms with van der Waals surface area (Å²) in [6.45, 7) is 0.685. The molecular weight excluding hydrogens is 216 g/mol. The zero-order chi connectivity index (χ0) is 12.3. The topological polar surface area (TPSA) is 54.3 Å². The van der Waals surface area contributed by atoms with Gasteiger partial charge >= 0.3 is 5.97 Å². The molecule has 0 aliphatic carbocycles. The van der Waals surface area contributed by atoms with Crippen LogP contribution in [0.4, 0.5) is 5.69 Å². The summed E-state index contributed by atoms with van der Waals surface area (Å²) in [5.74, 6) is -0.745. The fourth-order valence-corrected chi connectivity index (χ4v) is 1.86. The van der Waals surface area contributed by atoms with Gasteiger partial charge in [-0.2, -0.15) is 0 Å². The quantitative estimate of drug-likeness (QED) is 0.778. The van der Waals surface area contributed by atoms with Gasteiger partial charge in [-0.05, 0) is 30.7 Å². The first kappa shape index (κ1) is 11.5. The number of aryl methyl sites for hydroxylation is 1. The van der Waals surface area contributed by atoms with Crippen molar-refractivity contribution in [3.8, 4) is 0 Å². The Morgan fingerprint density at radius 2 is 2.24 bits per heavy atom. The number of aliphatic carboxylic acids is 1. The van der Waals surface area contributed by atoms with E-state index in [0.717, 1.165) is 5.69 Å². The zero-order valence-corrected chi connectivity index (χ0v) is 9.81. The first-order valence-corrected chi connectivity index (χ1v) is 5.67. The van der Waals surface area contributed by atoms with E-state index in [1.54, 1.807) is 0 Å². The van der Waals surface area contributed by atoms with Gasteiger partial charge in [-0.1, -0.05) is 0 Å². The number of carboxylic acids is 1. The molecule has 0 amide bonds. The molecule has 4 heteroatoms. The number of carbonyl (C=O) groups is 1. The number of hydrogen-bond donors (Lipinski definition) is 2. The number of fused-ring (bicyclic) bond motifs is 1. The number of anilines is 1. The van der Waals surface area contributed by atoms with E-state index in [2.05, 4.69) is 28.1 Å². The van der Waals surface area contributed by atoms with Crippen molar-refractivity contribution in [3.05, 3.63) is 30.5 Å². The predicted octanol–water partition coefficient (Wildman–Crippen LogP) is 2.46. The number of carboxylic acid groups (broad SMARTS) is 1. The molecule has 0 fully saturated rings. The SMILES string of the molecule is Cn1ccc2cc(NCCCC(=O)O)ccc21. The van der Waals surface area contributed by atoms with Crippen molar-refractivity contribution in [3.63, 3.8) is 0 Å². The molecule has 17 heavy (non-hydrogen) atoms. The molecule has 2 rings (SSSR count). The lowest BCUT2D eigenvalue weighted by molar-refractivity contribution is -0.137. The van der Waals surface area contributed by atoms with Crippen LogP contribution in [0.15, 0.2) is 30.5 Å². The summed E-state index contributed by atoms with van der Waals surface area (Å²) in [6.07, 6.45) is 2.88. The number of nitrogens with zero attached hydrogens (tertiary/aromatic N) is 1. The molecule has 0 spiro atoms. The van der Waals surface area contributed by atoms with Gasteiger partial charge in [0, 0.05) is 42.8 Å². The molecule has 2 aromatic rings. The Balaban J connectivity index is 1.97. The Morgan fingerprint density at radius 1 is 1.41 bits per heavy atom. The zero-order valence-electron chi connectivity index (χ0n) is 9.81. The summed E-state index contributed by atoms with van der Waals surface area (Å²) < 4.78 is 2.07. The molecule has 4 nitrogen and oxygen atoms in total. The molecular formula is C13H16N2O2. The standard InChI is InChI=1S/C13H16N2O2/c1-15-8-6-10-9-11(4-5-12(10)15)14-7-2-3-13(16)17/h4-6,8-9,14H,2-3,7H2,1H3,(H,16,17). The van der Waals surface area contributed by atoms with Gasteiger partial charge in [-0.3, -0.25) is 4.79 Å². The van der Waals surface area contributed by atoms with Gasteiger partial charge in [0.15, 0.2) is 0 Å². The molecule has 1 aromatic carbocycles. The molecule has 1 heterocycles. The van der Waals surface area contributed by atoms with Crippen molar-refractivity contribution in [1.29, 1.82) is 0 Å². The van der Waals surface area contributed by atoms with Crippen LogP contribution in [0.1, 0.15) is 12.8 Å². The summed E-state index contributed by atoms with van der Waals surface area (Å²) in [5.41, 5.74) is 2.23. The second-order valence-electron chi connectivity index (χ2n) is 4.12. The van der Waals surface area contributed by atoms with Gasteiger partial charge in [0.2, 0.25) is 0 Å². The average Bonchev–Trinajstić information content (AvgIpc) is 2.66. The van der Waals surface area contributed by atoms with E-state index < -0.39 is 5.97 Å². The molecule has 0 aliphatic heterocycles. The fraction of sp³-hybridized carbons (Fsp3) is 0.308. The van der Waals surface area contributed by atoms with Gasteiger partial charge in [0.25, 0.3) is 0 Å². The highest BCUT2D eigenvalue weighted by Crippen LogP contribution is 2.19. The monoisotopic (exact) mass is 232 g/mol. The van der Waals surface area contributed by atoms with Crippen LogP contribution < -0.4 is 5.32 Å². The van der Waals surface area contributed by atoms with Crippen molar-refractivity contribution in [2.24, 2.45) is 7.05 Å². The second kappa shape index (κ2) is 4.91. The molecule has 1 aromatic heterocycles. The van der Waals surface area contributed by atoms with Crippen molar-refractivity contribution in [1.82, 2.24) is 4.57 Å². The molecule has 0 bridgehead atoms. The Hall–Kier alpha value is -1.97. The largest absolute Gasteiger partial charge is 0.481 e. The van der Waals surface area contributed by atoms with E-state index in [1.807, 2.05) is 19.3 Å². The normalized spacial score (nSPS) is 10.6. The highest BCUT2D eigenvalue weighted by atomic mass is 16.4. The Bertz CT molecular complexity index is 531. The van der Waals surface area contributed by atoms with Crippen LogP contribution in [-0.4, -0.2) is 22.2 Å². The molecule has 0 radical (unpaired) electrons. The first-order chi connectivity index (χ1) is 8.16. The van der Waals surface area contributed by atoms with E-state index in [4.69, 9.17) is 5.11 Å². The number of benzene rings is 1. The summed E-state index contributed by atoms with van der Waals surface area (Å²) >= 11 is 0. The van der Waals surface area contributed by atoms with Crippen LogP contribution in [0.5, 0.6) is 0 Å². The highest BCUT2D eigenvalue weighted by Gasteiger charge is 2.00. The maximum absolute atomic E-state index is 10.4. The van der Waals surface area contributed by atoms with Crippen LogP contribution >= 0.6 is 0 Å². The number of aromatic nitrogens is 1. The third kappa shape index (κ3) is 2.78. The maximum atomic E-state index is 10.4. The van der Waals surface area contributed by atoms with Crippen molar-refractivity contribution < 1.29 is 9.90 Å². The minimum atomic E-state index is -0.745. The highest BCUT2D eigenvalue weighted by molar-refractivity contribution is 5.83. The van der Waals surface area contributed by atoms with E-state index in [9.17, 15) is 4.79 Å². The summed E-state index contributed by atoms with van der Waals surface area (Å²) in [4.78, 5) is 10.4. The average molecular weight is 232 g/mol. The Morgan fingerprint density at radius 3 is 3.00 bits per heavy atom. The van der Waals surface area contributed by atoms with Crippen molar-refractivity contribution in [2.45, 2.75) is 12.8 Å². The minimum Gasteiger partial charge on any atom is -0.481 e. The molecule has 0 saturated carbocycles. The summed E-state index contributed by atoms with van der Waals surface area (Å²) in [6, 6.07) is 8.23. The van der Waals surface area contributed by atoms with E-state index in [0.29, 0.717) is 13.0 Å². The van der Waals surface area contributed by atoms with Gasteiger partial charge < -0.3 is 15.0 Å². The van der Waals surface area contributed by atoms with Crippen LogP contribution in [0, 0.1) is 0 Å². The molecule has 0 atom stereocenters. The molecule has 0 saturated heterocycles. The predicted molar refractivity (Wildman–Crippen MR) is 68.3 cm³/mol. The van der Waals surface area contributed by atoms with Crippen LogP contribution in [0.25, 0.3) is 10.9 Å². The lowest BCUT2D eigenvalue weighted by Crippen LogP contribution is -2.04. The second-order valence-corrected chi connectivity index (χ2v) is 4.12. The van der Waals surface area contributed by atoms with Crippen LogP contribution in [-0.2, 0) is 11.8 Å². The van der Waals surface area contributed by atoms with Gasteiger partial charge in [0.1, 0.15) is 0 Å². The lowest BCUT2D eigenvalue weighted by Gasteiger charge is -2.05. The molecule has 0 unspecified atom stereocenters. The molecule has 2 N–H and O–H groups in total. The maximum Gasteiger partial charge on any atom is 0.303 e. The number of rotatable bonds is 5. The van der Waals surface area contributed by atoms with Crippen LogP contribution in [0.2, 0.25) is 0 Å². The fourth-order valence-electron chi connectivity index (χ4n) is 1.86. The van der Waals surface area contributed by atoms with Gasteiger partial charge in [-0.25, -0.2) is 0 Å². The first-order valence-electron chi connectivity index (χ1n) is 5.67. The third-order valence-corrected chi connectivity index (χ3v) is 2.78. The minimum absolute atomic E-state index is 0.209. The van der Waals surface area contributed by atoms with E-state index >= 15 is 0 Å². The number of hydrogen-bond acceptors (Lipinski definition) is 2. The molecule has 0 aliphatic rings. The lowest BCUT2D eigenvalue weighted by atomic mass is 10.2. The van der Waals surface area contributed by atoms with Gasteiger partial charge in [-0.15, -0.1) is 0 Å². The smallest absolute Gasteiger partial charge is 0.303 e. The summed E-state index contributed by atoms with van der Waals surface area (Å²) in [7, 11) is 2.02. The van der Waals surface area contributed by atoms with E-state index in [1.165, 1.54) is 10.9 Å². The number of nitrogens with one attached hydrogen (secondary N) is 1. The van der Waals surface area contributed by atoms with Crippen molar-refractivity contribution >= 4 is 22.6 Å². The van der Waals surface area contributed by atoms with Crippen molar-refractivity contribution in [2.75, 3.05) is 11.9 Å². The Kier molecular flexibility index (Phi) is 3.32. The van der Waals surface area contributed by atoms with E-state index in [-0.39, 0.29) is 6.42 Å². The summed E-state index contributed by atoms with van der Waals surface area (Å²) in [5, 5.41) is 12.9. The third-order valence-electron chi connectivity index (χ3n) is 2.78. The van der Waals surface area contributed by atoms with Gasteiger partial charge in [0.05, 0.1) is 0 Å².